The highest BCUT2D eigenvalue weighted by atomic mass is 16.6. The molecule has 0 bridgehead atoms. The summed E-state index contributed by atoms with van der Waals surface area (Å²) in [4.78, 5) is 21.7. The average Bonchev–Trinajstić information content (AvgIpc) is 2.82. The van der Waals surface area contributed by atoms with Gasteiger partial charge in [-0.25, -0.2) is 0 Å². The second kappa shape index (κ2) is 4.65. The van der Waals surface area contributed by atoms with Gasteiger partial charge in [0.2, 0.25) is 0 Å². The van der Waals surface area contributed by atoms with Gasteiger partial charge in [0.05, 0.1) is 4.92 Å². The number of nitrogens with zero attached hydrogens (tertiary/aromatic N) is 1. The summed E-state index contributed by atoms with van der Waals surface area (Å²) in [5.74, 6) is 0.505. The molecule has 0 atom stereocenters. The topological polar surface area (TPSA) is 84.3 Å². The van der Waals surface area contributed by atoms with E-state index in [0.29, 0.717) is 11.4 Å². The van der Waals surface area contributed by atoms with Crippen molar-refractivity contribution in [2.75, 3.05) is 13.1 Å². The molecule has 1 aromatic rings. The van der Waals surface area contributed by atoms with E-state index in [1.807, 2.05) is 0 Å². The summed E-state index contributed by atoms with van der Waals surface area (Å²) in [5.41, 5.74) is 0.407. The number of hydrogen-bond acceptors (Lipinski definition) is 5. The molecule has 2 rings (SSSR count). The van der Waals surface area contributed by atoms with Crippen LogP contribution in [0.15, 0.2) is 36.2 Å². The van der Waals surface area contributed by atoms with Crippen molar-refractivity contribution < 1.29 is 9.72 Å². The number of allylic oxidation sites excluding steroid dienone is 1. The van der Waals surface area contributed by atoms with Crippen molar-refractivity contribution in [1.82, 2.24) is 10.6 Å². The maximum Gasteiger partial charge on any atom is 0.269 e. The van der Waals surface area contributed by atoms with Crippen LogP contribution in [-0.2, 0) is 0 Å². The summed E-state index contributed by atoms with van der Waals surface area (Å²) < 4.78 is 0. The second-order valence-electron chi connectivity index (χ2n) is 3.58. The van der Waals surface area contributed by atoms with Crippen LogP contribution in [0.25, 0.3) is 0 Å². The lowest BCUT2D eigenvalue weighted by Gasteiger charge is -1.99. The summed E-state index contributed by atoms with van der Waals surface area (Å²) in [6.45, 7) is 1.58. The Bertz CT molecular complexity index is 471. The van der Waals surface area contributed by atoms with E-state index in [0.717, 1.165) is 13.1 Å². The minimum Gasteiger partial charge on any atom is -0.370 e. The van der Waals surface area contributed by atoms with Crippen molar-refractivity contribution >= 4 is 11.5 Å². The van der Waals surface area contributed by atoms with Crippen molar-refractivity contribution in [3.63, 3.8) is 0 Å². The lowest BCUT2D eigenvalue weighted by Crippen LogP contribution is -2.12. The summed E-state index contributed by atoms with van der Waals surface area (Å²) in [5, 5.41) is 16.5. The molecule has 1 saturated heterocycles. The number of ketones is 1. The number of rotatable bonds is 3. The number of non-ortho nitro benzene ring substituents is 1. The van der Waals surface area contributed by atoms with Gasteiger partial charge in [-0.15, -0.1) is 0 Å². The Hall–Kier alpha value is -2.37. The van der Waals surface area contributed by atoms with E-state index >= 15 is 0 Å². The Labute approximate surface area is 97.5 Å². The molecule has 0 aromatic heterocycles. The molecule has 2 N–H and O–H groups in total. The molecule has 0 amide bonds. The van der Waals surface area contributed by atoms with E-state index in [9.17, 15) is 14.9 Å². The predicted octanol–water partition coefficient (Wildman–Crippen LogP) is 0.812. The first-order valence-electron chi connectivity index (χ1n) is 5.15. The van der Waals surface area contributed by atoms with Crippen LogP contribution in [-0.4, -0.2) is 23.8 Å². The zero-order valence-corrected chi connectivity index (χ0v) is 8.97. The van der Waals surface area contributed by atoms with Gasteiger partial charge in [0.15, 0.2) is 5.78 Å². The number of carbonyl (C=O) groups excluding carboxylic acids is 1. The normalized spacial score (nSPS) is 13.8. The minimum atomic E-state index is -0.493. The Morgan fingerprint density at radius 3 is 2.35 bits per heavy atom. The monoisotopic (exact) mass is 233 g/mol. The first kappa shape index (κ1) is 11.1. The molecule has 0 saturated carbocycles. The number of hydrogen-bond donors (Lipinski definition) is 2. The third-order valence-corrected chi connectivity index (χ3v) is 2.39. The zero-order valence-electron chi connectivity index (χ0n) is 8.97. The molecule has 0 unspecified atom stereocenters. The summed E-state index contributed by atoms with van der Waals surface area (Å²) in [7, 11) is 0. The van der Waals surface area contributed by atoms with Gasteiger partial charge in [-0.2, -0.15) is 0 Å². The van der Waals surface area contributed by atoms with Crippen LogP contribution in [0.2, 0.25) is 0 Å². The van der Waals surface area contributed by atoms with Crippen LogP contribution in [0.3, 0.4) is 0 Å². The molecule has 1 aromatic carbocycles. The minimum absolute atomic E-state index is 0.0219. The van der Waals surface area contributed by atoms with Gasteiger partial charge in [-0.05, 0) is 12.1 Å². The van der Waals surface area contributed by atoms with Gasteiger partial charge >= 0.3 is 0 Å². The molecule has 1 heterocycles. The molecular weight excluding hydrogens is 222 g/mol. The van der Waals surface area contributed by atoms with Gasteiger partial charge in [-0.3, -0.25) is 14.9 Å². The maximum atomic E-state index is 11.8. The number of nitro groups is 1. The van der Waals surface area contributed by atoms with Gasteiger partial charge in [-0.1, -0.05) is 0 Å². The van der Waals surface area contributed by atoms with Crippen molar-refractivity contribution in [2.24, 2.45) is 0 Å². The molecule has 0 spiro atoms. The van der Waals surface area contributed by atoms with Crippen LogP contribution >= 0.6 is 0 Å². The SMILES string of the molecule is O=C(C=C1NCCN1)c1ccc([N+](=O)[O-])cc1. The summed E-state index contributed by atoms with van der Waals surface area (Å²) in [6, 6.07) is 5.54. The van der Waals surface area contributed by atoms with Crippen LogP contribution in [0.1, 0.15) is 10.4 Å². The first-order valence-corrected chi connectivity index (χ1v) is 5.15. The molecule has 6 nitrogen and oxygen atoms in total. The van der Waals surface area contributed by atoms with E-state index in [2.05, 4.69) is 10.6 Å². The van der Waals surface area contributed by atoms with Crippen LogP contribution < -0.4 is 10.6 Å². The highest BCUT2D eigenvalue weighted by Crippen LogP contribution is 2.12. The summed E-state index contributed by atoms with van der Waals surface area (Å²) in [6.07, 6.45) is 1.45. The predicted molar refractivity (Wildman–Crippen MR) is 61.5 cm³/mol. The maximum absolute atomic E-state index is 11.8. The Morgan fingerprint density at radius 2 is 1.82 bits per heavy atom. The van der Waals surface area contributed by atoms with E-state index in [1.165, 1.54) is 30.3 Å². The van der Waals surface area contributed by atoms with Gasteiger partial charge in [0.25, 0.3) is 5.69 Å². The zero-order chi connectivity index (χ0) is 12.3. The third-order valence-electron chi connectivity index (χ3n) is 2.39. The van der Waals surface area contributed by atoms with E-state index < -0.39 is 4.92 Å². The molecule has 17 heavy (non-hydrogen) atoms. The third kappa shape index (κ3) is 2.60. The Kier molecular flexibility index (Phi) is 3.04. The van der Waals surface area contributed by atoms with Crippen molar-refractivity contribution in [2.45, 2.75) is 0 Å². The van der Waals surface area contributed by atoms with Gasteiger partial charge < -0.3 is 10.6 Å². The van der Waals surface area contributed by atoms with Crippen LogP contribution in [0.5, 0.6) is 0 Å². The number of nitrogens with one attached hydrogen (secondary N) is 2. The largest absolute Gasteiger partial charge is 0.370 e. The van der Waals surface area contributed by atoms with Gasteiger partial charge in [0.1, 0.15) is 5.82 Å². The number of benzene rings is 1. The fourth-order valence-corrected chi connectivity index (χ4v) is 1.52. The fraction of sp³-hybridized carbons (Fsp3) is 0.182. The van der Waals surface area contributed by atoms with Crippen LogP contribution in [0, 0.1) is 10.1 Å². The smallest absolute Gasteiger partial charge is 0.269 e. The average molecular weight is 233 g/mol. The molecule has 88 valence electrons. The Balaban J connectivity index is 2.14. The molecule has 6 heteroatoms. The van der Waals surface area contributed by atoms with E-state index in [4.69, 9.17) is 0 Å². The van der Waals surface area contributed by atoms with Crippen molar-refractivity contribution in [1.29, 1.82) is 0 Å². The molecule has 0 radical (unpaired) electrons. The van der Waals surface area contributed by atoms with Crippen molar-refractivity contribution in [3.05, 3.63) is 51.8 Å². The lowest BCUT2D eigenvalue weighted by molar-refractivity contribution is -0.384. The first-order chi connectivity index (χ1) is 8.16. The Morgan fingerprint density at radius 1 is 1.24 bits per heavy atom. The fourth-order valence-electron chi connectivity index (χ4n) is 1.52. The summed E-state index contributed by atoms with van der Waals surface area (Å²) >= 11 is 0. The molecule has 0 aliphatic carbocycles. The highest BCUT2D eigenvalue weighted by Gasteiger charge is 2.10. The number of carbonyl (C=O) groups is 1. The molecule has 1 aliphatic heterocycles. The molecular formula is C11H11N3O3. The quantitative estimate of drug-likeness (QED) is 0.349. The van der Waals surface area contributed by atoms with Gasteiger partial charge in [0, 0.05) is 36.9 Å². The number of nitro benzene ring substituents is 1. The molecule has 1 aliphatic rings. The highest BCUT2D eigenvalue weighted by molar-refractivity contribution is 6.04. The van der Waals surface area contributed by atoms with Crippen LogP contribution in [0.4, 0.5) is 5.69 Å². The standard InChI is InChI=1S/C11H11N3O3/c15-10(7-11-12-5-6-13-11)8-1-3-9(4-2-8)14(16)17/h1-4,7,12-13H,5-6H2. The molecule has 1 fully saturated rings. The second-order valence-corrected chi connectivity index (χ2v) is 3.58. The van der Waals surface area contributed by atoms with E-state index in [-0.39, 0.29) is 11.5 Å². The van der Waals surface area contributed by atoms with E-state index in [1.54, 1.807) is 0 Å². The van der Waals surface area contributed by atoms with Crippen molar-refractivity contribution in [3.8, 4) is 0 Å². The lowest BCUT2D eigenvalue weighted by atomic mass is 10.1.